The molecule has 0 radical (unpaired) electrons. The van der Waals surface area contributed by atoms with Crippen LogP contribution >= 0.6 is 0 Å². The molecule has 3 rings (SSSR count). The van der Waals surface area contributed by atoms with E-state index in [1.165, 1.54) is 6.07 Å². The van der Waals surface area contributed by atoms with Gasteiger partial charge in [0, 0.05) is 18.1 Å². The summed E-state index contributed by atoms with van der Waals surface area (Å²) in [6.07, 6.45) is 0. The summed E-state index contributed by atoms with van der Waals surface area (Å²) in [4.78, 5) is 26.8. The second-order valence-electron chi connectivity index (χ2n) is 6.08. The molecular weight excluding hydrogens is 334 g/mol. The summed E-state index contributed by atoms with van der Waals surface area (Å²) in [5.74, 6) is -0.978. The Morgan fingerprint density at radius 1 is 0.846 bits per heavy atom. The molecule has 0 saturated carbocycles. The molecule has 3 aromatic rings. The number of rotatable bonds is 4. The number of hydrogen-bond acceptors (Lipinski definition) is 4. The molecule has 26 heavy (non-hydrogen) atoms. The Balaban J connectivity index is 2.12. The molecule has 1 aromatic heterocycles. The van der Waals surface area contributed by atoms with E-state index in [9.17, 15) is 19.8 Å². The summed E-state index contributed by atoms with van der Waals surface area (Å²) in [6, 6.07) is 9.94. The number of carbonyl (C=O) groups is 2. The van der Waals surface area contributed by atoms with Crippen molar-refractivity contribution in [3.8, 4) is 22.6 Å². The molecule has 6 nitrogen and oxygen atoms in total. The molecule has 2 aromatic carbocycles. The number of oxazole rings is 1. The zero-order valence-electron chi connectivity index (χ0n) is 14.5. The van der Waals surface area contributed by atoms with E-state index in [4.69, 9.17) is 4.42 Å². The van der Waals surface area contributed by atoms with Gasteiger partial charge in [-0.05, 0) is 49.2 Å². The van der Waals surface area contributed by atoms with Crippen LogP contribution in [-0.4, -0.2) is 27.1 Å². The van der Waals surface area contributed by atoms with Crippen molar-refractivity contribution in [3.63, 3.8) is 0 Å². The summed E-state index contributed by atoms with van der Waals surface area (Å²) in [5.41, 5.74) is 3.74. The summed E-state index contributed by atoms with van der Waals surface area (Å²) in [7, 11) is 0. The van der Waals surface area contributed by atoms with Crippen molar-refractivity contribution in [1.29, 1.82) is 0 Å². The third-order valence-corrected chi connectivity index (χ3v) is 4.18. The molecule has 132 valence electrons. The van der Waals surface area contributed by atoms with Crippen molar-refractivity contribution in [3.05, 3.63) is 64.5 Å². The summed E-state index contributed by atoms with van der Waals surface area (Å²) in [6.45, 7) is 5.18. The number of carboxylic acid groups (broad SMARTS) is 2. The van der Waals surface area contributed by atoms with Gasteiger partial charge in [-0.25, -0.2) is 14.6 Å². The van der Waals surface area contributed by atoms with Crippen molar-refractivity contribution in [2.45, 2.75) is 20.8 Å². The first-order valence-corrected chi connectivity index (χ1v) is 7.94. The molecule has 0 aliphatic heterocycles. The zero-order valence-corrected chi connectivity index (χ0v) is 14.5. The third-order valence-electron chi connectivity index (χ3n) is 4.18. The van der Waals surface area contributed by atoms with Crippen LogP contribution in [-0.2, 0) is 0 Å². The highest BCUT2D eigenvalue weighted by Crippen LogP contribution is 2.34. The maximum absolute atomic E-state index is 11.2. The molecule has 0 unspecified atom stereocenters. The van der Waals surface area contributed by atoms with Crippen LogP contribution < -0.4 is 0 Å². The highest BCUT2D eigenvalue weighted by Gasteiger charge is 2.18. The summed E-state index contributed by atoms with van der Waals surface area (Å²) in [5, 5.41) is 18.4. The van der Waals surface area contributed by atoms with Gasteiger partial charge in [0.15, 0.2) is 11.7 Å². The van der Waals surface area contributed by atoms with Crippen molar-refractivity contribution in [1.82, 2.24) is 4.98 Å². The maximum atomic E-state index is 11.2. The predicted molar refractivity (Wildman–Crippen MR) is 95.5 cm³/mol. The van der Waals surface area contributed by atoms with Crippen LogP contribution in [0.2, 0.25) is 0 Å². The standard InChI is InChI=1S/C20H17NO5/c1-10-8-13(4-6-15(10)19(22)23)17-18(26-12(3)21-17)14-5-7-16(20(24)25)11(2)9-14/h4-9H,1-3H3,(H,22,23)(H,24,25). The molecule has 0 saturated heterocycles. The van der Waals surface area contributed by atoms with Crippen LogP contribution in [0.15, 0.2) is 40.8 Å². The Morgan fingerprint density at radius 2 is 1.35 bits per heavy atom. The quantitative estimate of drug-likeness (QED) is 0.725. The van der Waals surface area contributed by atoms with Gasteiger partial charge < -0.3 is 14.6 Å². The number of aryl methyl sites for hydroxylation is 3. The van der Waals surface area contributed by atoms with Crippen molar-refractivity contribution < 1.29 is 24.2 Å². The minimum atomic E-state index is -0.983. The molecule has 2 N–H and O–H groups in total. The Bertz CT molecular complexity index is 952. The van der Waals surface area contributed by atoms with Crippen molar-refractivity contribution in [2.75, 3.05) is 0 Å². The van der Waals surface area contributed by atoms with Crippen LogP contribution in [0, 0.1) is 20.8 Å². The topological polar surface area (TPSA) is 101 Å². The monoisotopic (exact) mass is 351 g/mol. The lowest BCUT2D eigenvalue weighted by Gasteiger charge is -2.07. The molecule has 0 atom stereocenters. The van der Waals surface area contributed by atoms with E-state index in [1.54, 1.807) is 51.1 Å². The molecule has 6 heteroatoms. The van der Waals surface area contributed by atoms with Gasteiger partial charge in [0.1, 0.15) is 5.69 Å². The Labute approximate surface area is 149 Å². The van der Waals surface area contributed by atoms with Gasteiger partial charge in [-0.3, -0.25) is 0 Å². The largest absolute Gasteiger partial charge is 0.478 e. The van der Waals surface area contributed by atoms with Crippen LogP contribution in [0.5, 0.6) is 0 Å². The lowest BCUT2D eigenvalue weighted by molar-refractivity contribution is 0.0685. The summed E-state index contributed by atoms with van der Waals surface area (Å²) >= 11 is 0. The maximum Gasteiger partial charge on any atom is 0.335 e. The van der Waals surface area contributed by atoms with Gasteiger partial charge in [-0.2, -0.15) is 0 Å². The molecule has 0 bridgehead atoms. The fourth-order valence-electron chi connectivity index (χ4n) is 2.91. The Hall–Kier alpha value is -3.41. The van der Waals surface area contributed by atoms with Gasteiger partial charge >= 0.3 is 11.9 Å². The van der Waals surface area contributed by atoms with Crippen LogP contribution in [0.25, 0.3) is 22.6 Å². The lowest BCUT2D eigenvalue weighted by atomic mass is 9.99. The van der Waals surface area contributed by atoms with Gasteiger partial charge in [0.05, 0.1) is 11.1 Å². The van der Waals surface area contributed by atoms with E-state index >= 15 is 0 Å². The molecule has 0 aliphatic carbocycles. The zero-order chi connectivity index (χ0) is 19.0. The molecule has 1 heterocycles. The van der Waals surface area contributed by atoms with E-state index in [0.29, 0.717) is 34.0 Å². The normalized spacial score (nSPS) is 10.7. The smallest absolute Gasteiger partial charge is 0.335 e. The number of aromatic carboxylic acids is 2. The second-order valence-corrected chi connectivity index (χ2v) is 6.08. The van der Waals surface area contributed by atoms with Gasteiger partial charge in [0.2, 0.25) is 0 Å². The van der Waals surface area contributed by atoms with E-state index in [-0.39, 0.29) is 11.1 Å². The van der Waals surface area contributed by atoms with Crippen LogP contribution in [0.1, 0.15) is 37.7 Å². The average Bonchev–Trinajstić information content (AvgIpc) is 2.95. The predicted octanol–water partition coefficient (Wildman–Crippen LogP) is 4.33. The molecular formula is C20H17NO5. The third kappa shape index (κ3) is 3.09. The van der Waals surface area contributed by atoms with E-state index in [1.807, 2.05) is 0 Å². The number of carboxylic acids is 2. The first-order valence-electron chi connectivity index (χ1n) is 7.94. The van der Waals surface area contributed by atoms with Crippen molar-refractivity contribution >= 4 is 11.9 Å². The lowest BCUT2D eigenvalue weighted by Crippen LogP contribution is -2.00. The number of benzene rings is 2. The minimum absolute atomic E-state index is 0.230. The number of aromatic nitrogens is 1. The second kappa shape index (κ2) is 6.48. The highest BCUT2D eigenvalue weighted by molar-refractivity contribution is 5.92. The number of nitrogens with zero attached hydrogens (tertiary/aromatic N) is 1. The van der Waals surface area contributed by atoms with Crippen LogP contribution in [0.4, 0.5) is 0 Å². The first-order chi connectivity index (χ1) is 12.3. The first kappa shape index (κ1) is 17.4. The fourth-order valence-corrected chi connectivity index (χ4v) is 2.91. The molecule has 0 aliphatic rings. The molecule has 0 fully saturated rings. The van der Waals surface area contributed by atoms with Crippen molar-refractivity contribution in [2.24, 2.45) is 0 Å². The fraction of sp³-hybridized carbons (Fsp3) is 0.150. The van der Waals surface area contributed by atoms with E-state index in [0.717, 1.165) is 5.56 Å². The summed E-state index contributed by atoms with van der Waals surface area (Å²) < 4.78 is 5.75. The van der Waals surface area contributed by atoms with E-state index < -0.39 is 11.9 Å². The van der Waals surface area contributed by atoms with E-state index in [2.05, 4.69) is 4.98 Å². The Kier molecular flexibility index (Phi) is 4.34. The Morgan fingerprint density at radius 3 is 1.85 bits per heavy atom. The van der Waals surface area contributed by atoms with Gasteiger partial charge in [0.25, 0.3) is 0 Å². The number of hydrogen-bond donors (Lipinski definition) is 2. The average molecular weight is 351 g/mol. The van der Waals surface area contributed by atoms with Gasteiger partial charge in [-0.15, -0.1) is 0 Å². The molecule has 0 amide bonds. The molecule has 0 spiro atoms. The SMILES string of the molecule is Cc1nc(-c2ccc(C(=O)O)c(C)c2)c(-c2ccc(C(=O)O)c(C)c2)o1. The van der Waals surface area contributed by atoms with Gasteiger partial charge in [-0.1, -0.05) is 12.1 Å². The minimum Gasteiger partial charge on any atom is -0.478 e. The van der Waals surface area contributed by atoms with Crippen LogP contribution in [0.3, 0.4) is 0 Å². The highest BCUT2D eigenvalue weighted by atomic mass is 16.4.